The first kappa shape index (κ1) is 16.5. The Morgan fingerprint density at radius 2 is 2.05 bits per heavy atom. The van der Waals surface area contributed by atoms with Crippen molar-refractivity contribution in [2.75, 3.05) is 13.7 Å². The van der Waals surface area contributed by atoms with E-state index in [1.54, 1.807) is 7.11 Å². The van der Waals surface area contributed by atoms with Crippen molar-refractivity contribution in [2.24, 2.45) is 5.73 Å². The first-order valence-corrected chi connectivity index (χ1v) is 7.35. The molecule has 0 radical (unpaired) electrons. The van der Waals surface area contributed by atoms with Gasteiger partial charge in [0, 0.05) is 12.0 Å². The zero-order valence-corrected chi connectivity index (χ0v) is 12.5. The lowest BCUT2D eigenvalue weighted by Crippen LogP contribution is -2.28. The minimum Gasteiger partial charge on any atom is -0.496 e. The highest BCUT2D eigenvalue weighted by atomic mass is 16.5. The lowest BCUT2D eigenvalue weighted by molar-refractivity contribution is -0.122. The number of benzene rings is 1. The number of nitrogens with two attached hydrogens (primary N) is 1. The van der Waals surface area contributed by atoms with Gasteiger partial charge < -0.3 is 15.8 Å². The van der Waals surface area contributed by atoms with Gasteiger partial charge in [0.2, 0.25) is 5.91 Å². The van der Waals surface area contributed by atoms with Gasteiger partial charge in [0.25, 0.3) is 0 Å². The molecule has 112 valence electrons. The molecule has 0 fully saturated rings. The van der Waals surface area contributed by atoms with Gasteiger partial charge in [0.15, 0.2) is 0 Å². The third kappa shape index (κ3) is 5.21. The van der Waals surface area contributed by atoms with Crippen molar-refractivity contribution in [3.8, 4) is 5.75 Å². The lowest BCUT2D eigenvalue weighted by Gasteiger charge is -2.20. The molecular weight excluding hydrogens is 252 g/mol. The number of para-hydroxylation sites is 1. The second-order valence-electron chi connectivity index (χ2n) is 4.87. The second kappa shape index (κ2) is 9.37. The number of carbonyl (C=O) groups excluding carboxylic acids is 1. The molecule has 0 saturated carbocycles. The summed E-state index contributed by atoms with van der Waals surface area (Å²) in [6, 6.07) is 7.83. The van der Waals surface area contributed by atoms with Gasteiger partial charge in [-0.3, -0.25) is 4.79 Å². The number of methoxy groups -OCH3 is 1. The summed E-state index contributed by atoms with van der Waals surface area (Å²) in [6.45, 7) is 2.76. The normalized spacial score (nSPS) is 11.9. The number of ether oxygens (including phenoxy) is 1. The molecule has 0 aliphatic carbocycles. The van der Waals surface area contributed by atoms with Gasteiger partial charge in [-0.2, -0.15) is 0 Å². The number of carbonyl (C=O) groups is 1. The van der Waals surface area contributed by atoms with Gasteiger partial charge in [-0.15, -0.1) is 0 Å². The van der Waals surface area contributed by atoms with Crippen molar-refractivity contribution in [3.63, 3.8) is 0 Å². The topological polar surface area (TPSA) is 64.4 Å². The van der Waals surface area contributed by atoms with Crippen LogP contribution in [0.2, 0.25) is 0 Å². The van der Waals surface area contributed by atoms with Gasteiger partial charge in [-0.05, 0) is 31.9 Å². The zero-order valence-electron chi connectivity index (χ0n) is 12.5. The van der Waals surface area contributed by atoms with E-state index < -0.39 is 0 Å². The van der Waals surface area contributed by atoms with E-state index in [1.807, 2.05) is 24.3 Å². The molecular formula is C16H26N2O2. The van der Waals surface area contributed by atoms with Crippen molar-refractivity contribution in [1.82, 2.24) is 5.32 Å². The van der Waals surface area contributed by atoms with E-state index in [0.29, 0.717) is 13.0 Å². The summed E-state index contributed by atoms with van der Waals surface area (Å²) in [5, 5.41) is 3.08. The summed E-state index contributed by atoms with van der Waals surface area (Å²) in [5.41, 5.74) is 6.48. The lowest BCUT2D eigenvalue weighted by atomic mass is 10.0. The van der Waals surface area contributed by atoms with Crippen molar-refractivity contribution < 1.29 is 9.53 Å². The number of unbranched alkanes of at least 4 members (excludes halogenated alkanes) is 2. The summed E-state index contributed by atoms with van der Waals surface area (Å²) in [4.78, 5) is 12.0. The first-order chi connectivity index (χ1) is 9.72. The SMILES string of the molecule is CCC(NC(=O)CCCCCN)c1ccccc1OC. The molecule has 0 saturated heterocycles. The van der Waals surface area contributed by atoms with Gasteiger partial charge in [-0.25, -0.2) is 0 Å². The molecule has 4 nitrogen and oxygen atoms in total. The molecule has 0 heterocycles. The molecule has 1 atom stereocenters. The van der Waals surface area contributed by atoms with Gasteiger partial charge in [-0.1, -0.05) is 31.5 Å². The Labute approximate surface area is 121 Å². The predicted molar refractivity (Wildman–Crippen MR) is 81.7 cm³/mol. The van der Waals surface area contributed by atoms with E-state index in [1.165, 1.54) is 0 Å². The van der Waals surface area contributed by atoms with Crippen molar-refractivity contribution in [2.45, 2.75) is 45.1 Å². The molecule has 1 rings (SSSR count). The van der Waals surface area contributed by atoms with Crippen LogP contribution in [0.5, 0.6) is 5.75 Å². The highest BCUT2D eigenvalue weighted by molar-refractivity contribution is 5.76. The van der Waals surface area contributed by atoms with Gasteiger partial charge in [0.1, 0.15) is 5.75 Å². The number of amides is 1. The van der Waals surface area contributed by atoms with E-state index in [0.717, 1.165) is 37.0 Å². The third-order valence-electron chi connectivity index (χ3n) is 3.37. The number of hydrogen-bond acceptors (Lipinski definition) is 3. The Morgan fingerprint density at radius 1 is 1.30 bits per heavy atom. The standard InChI is InChI=1S/C16H26N2O2/c1-3-14(13-9-6-7-10-15(13)20-2)18-16(19)11-5-4-8-12-17/h6-7,9-10,14H,3-5,8,11-12,17H2,1-2H3,(H,18,19). The van der Waals surface area contributed by atoms with Crippen LogP contribution in [0.3, 0.4) is 0 Å². The Hall–Kier alpha value is -1.55. The fourth-order valence-corrected chi connectivity index (χ4v) is 2.23. The fraction of sp³-hybridized carbons (Fsp3) is 0.562. The largest absolute Gasteiger partial charge is 0.496 e. The van der Waals surface area contributed by atoms with E-state index in [2.05, 4.69) is 12.2 Å². The van der Waals surface area contributed by atoms with Crippen LogP contribution in [0.4, 0.5) is 0 Å². The smallest absolute Gasteiger partial charge is 0.220 e. The molecule has 0 spiro atoms. The first-order valence-electron chi connectivity index (χ1n) is 7.35. The highest BCUT2D eigenvalue weighted by Gasteiger charge is 2.16. The minimum atomic E-state index is 0.00755. The predicted octanol–water partition coefficient (Wildman–Crippen LogP) is 2.78. The van der Waals surface area contributed by atoms with Crippen molar-refractivity contribution in [3.05, 3.63) is 29.8 Å². The number of rotatable bonds is 9. The van der Waals surface area contributed by atoms with Crippen LogP contribution in [0.15, 0.2) is 24.3 Å². The van der Waals surface area contributed by atoms with E-state index in [-0.39, 0.29) is 11.9 Å². The van der Waals surface area contributed by atoms with E-state index >= 15 is 0 Å². The Bertz CT molecular complexity index is 407. The van der Waals surface area contributed by atoms with E-state index in [4.69, 9.17) is 10.5 Å². The minimum absolute atomic E-state index is 0.00755. The van der Waals surface area contributed by atoms with Crippen LogP contribution in [-0.2, 0) is 4.79 Å². The van der Waals surface area contributed by atoms with Crippen LogP contribution < -0.4 is 15.8 Å². The Balaban J connectivity index is 2.56. The summed E-state index contributed by atoms with van der Waals surface area (Å²) in [6.07, 6.45) is 4.29. The third-order valence-corrected chi connectivity index (χ3v) is 3.37. The molecule has 1 unspecified atom stereocenters. The highest BCUT2D eigenvalue weighted by Crippen LogP contribution is 2.26. The second-order valence-corrected chi connectivity index (χ2v) is 4.87. The molecule has 4 heteroatoms. The molecule has 1 amide bonds. The Morgan fingerprint density at radius 3 is 2.70 bits per heavy atom. The quantitative estimate of drug-likeness (QED) is 0.683. The van der Waals surface area contributed by atoms with Crippen molar-refractivity contribution >= 4 is 5.91 Å². The Kier molecular flexibility index (Phi) is 7.73. The van der Waals surface area contributed by atoms with Crippen LogP contribution >= 0.6 is 0 Å². The summed E-state index contributed by atoms with van der Waals surface area (Å²) >= 11 is 0. The average molecular weight is 278 g/mol. The van der Waals surface area contributed by atoms with Crippen molar-refractivity contribution in [1.29, 1.82) is 0 Å². The van der Waals surface area contributed by atoms with Gasteiger partial charge in [0.05, 0.1) is 13.2 Å². The number of hydrogen-bond donors (Lipinski definition) is 2. The van der Waals surface area contributed by atoms with Crippen LogP contribution in [0.1, 0.15) is 50.6 Å². The van der Waals surface area contributed by atoms with Crippen LogP contribution in [-0.4, -0.2) is 19.6 Å². The van der Waals surface area contributed by atoms with E-state index in [9.17, 15) is 4.79 Å². The molecule has 0 aliphatic rings. The maximum absolute atomic E-state index is 12.0. The maximum atomic E-state index is 12.0. The molecule has 0 aromatic heterocycles. The average Bonchev–Trinajstić information content (AvgIpc) is 2.49. The molecule has 0 bridgehead atoms. The zero-order chi connectivity index (χ0) is 14.8. The van der Waals surface area contributed by atoms with Gasteiger partial charge >= 0.3 is 0 Å². The monoisotopic (exact) mass is 278 g/mol. The molecule has 1 aromatic rings. The molecule has 20 heavy (non-hydrogen) atoms. The maximum Gasteiger partial charge on any atom is 0.220 e. The summed E-state index contributed by atoms with van der Waals surface area (Å²) < 4.78 is 5.36. The van der Waals surface area contributed by atoms with Crippen LogP contribution in [0, 0.1) is 0 Å². The van der Waals surface area contributed by atoms with Crippen LogP contribution in [0.25, 0.3) is 0 Å². The molecule has 1 aromatic carbocycles. The summed E-state index contributed by atoms with van der Waals surface area (Å²) in [7, 11) is 1.65. The summed E-state index contributed by atoms with van der Waals surface area (Å²) in [5.74, 6) is 0.919. The fourth-order valence-electron chi connectivity index (χ4n) is 2.23. The molecule has 3 N–H and O–H groups in total. The number of nitrogens with one attached hydrogen (secondary N) is 1. The molecule has 0 aliphatic heterocycles.